The van der Waals surface area contributed by atoms with Crippen molar-refractivity contribution >= 4 is 12.0 Å². The zero-order valence-electron chi connectivity index (χ0n) is 10.9. The summed E-state index contributed by atoms with van der Waals surface area (Å²) in [5.74, 6) is 0. The number of aliphatic hydroxyl groups is 1. The van der Waals surface area contributed by atoms with Gasteiger partial charge in [-0.1, -0.05) is 11.6 Å². The average molecular weight is 247 g/mol. The van der Waals surface area contributed by atoms with Crippen LogP contribution < -0.4 is 4.90 Å². The molecule has 0 saturated carbocycles. The maximum atomic E-state index is 11.2. The molecule has 98 valence electrons. The van der Waals surface area contributed by atoms with Crippen LogP contribution in [-0.4, -0.2) is 30.6 Å². The molecular formula is C15H21NO2. The quantitative estimate of drug-likeness (QED) is 0.813. The van der Waals surface area contributed by atoms with Crippen LogP contribution in [0.3, 0.4) is 0 Å². The molecular weight excluding hydrogens is 226 g/mol. The molecule has 0 amide bonds. The first-order valence-electron chi connectivity index (χ1n) is 6.69. The molecule has 1 aliphatic rings. The van der Waals surface area contributed by atoms with E-state index < -0.39 is 0 Å². The van der Waals surface area contributed by atoms with Gasteiger partial charge in [0.1, 0.15) is 0 Å². The van der Waals surface area contributed by atoms with E-state index in [1.54, 1.807) is 0 Å². The SMILES string of the molecule is Cc1ccc(N2CCCC2CCCO)c(C=O)c1. The van der Waals surface area contributed by atoms with Crippen molar-refractivity contribution < 1.29 is 9.90 Å². The fraction of sp³-hybridized carbons (Fsp3) is 0.533. The average Bonchev–Trinajstić information content (AvgIpc) is 2.84. The van der Waals surface area contributed by atoms with Crippen molar-refractivity contribution in [2.75, 3.05) is 18.1 Å². The van der Waals surface area contributed by atoms with Gasteiger partial charge in [-0.2, -0.15) is 0 Å². The fourth-order valence-corrected chi connectivity index (χ4v) is 2.81. The second-order valence-electron chi connectivity index (χ2n) is 5.04. The highest BCUT2D eigenvalue weighted by Gasteiger charge is 2.25. The van der Waals surface area contributed by atoms with Crippen LogP contribution in [-0.2, 0) is 0 Å². The molecule has 1 aromatic carbocycles. The van der Waals surface area contributed by atoms with Crippen molar-refractivity contribution in [2.24, 2.45) is 0 Å². The maximum absolute atomic E-state index is 11.2. The lowest BCUT2D eigenvalue weighted by atomic mass is 10.1. The fourth-order valence-electron chi connectivity index (χ4n) is 2.81. The zero-order valence-corrected chi connectivity index (χ0v) is 10.9. The van der Waals surface area contributed by atoms with E-state index in [4.69, 9.17) is 5.11 Å². The third-order valence-electron chi connectivity index (χ3n) is 3.69. The highest BCUT2D eigenvalue weighted by Crippen LogP contribution is 2.30. The van der Waals surface area contributed by atoms with Gasteiger partial charge in [0.25, 0.3) is 0 Å². The van der Waals surface area contributed by atoms with Crippen molar-refractivity contribution in [3.05, 3.63) is 29.3 Å². The number of nitrogens with zero attached hydrogens (tertiary/aromatic N) is 1. The molecule has 0 aromatic heterocycles. The smallest absolute Gasteiger partial charge is 0.152 e. The molecule has 0 radical (unpaired) electrons. The second kappa shape index (κ2) is 6.01. The summed E-state index contributed by atoms with van der Waals surface area (Å²) in [6, 6.07) is 6.53. The lowest BCUT2D eigenvalue weighted by molar-refractivity contribution is 0.112. The molecule has 1 atom stereocenters. The van der Waals surface area contributed by atoms with Gasteiger partial charge in [0.15, 0.2) is 6.29 Å². The number of aryl methyl sites for hydroxylation is 1. The monoisotopic (exact) mass is 247 g/mol. The molecule has 2 rings (SSSR count). The van der Waals surface area contributed by atoms with Gasteiger partial charge in [0, 0.05) is 30.4 Å². The largest absolute Gasteiger partial charge is 0.396 e. The van der Waals surface area contributed by atoms with Gasteiger partial charge >= 0.3 is 0 Å². The Hall–Kier alpha value is -1.35. The number of aliphatic hydroxyl groups excluding tert-OH is 1. The summed E-state index contributed by atoms with van der Waals surface area (Å²) in [4.78, 5) is 13.5. The minimum atomic E-state index is 0.249. The van der Waals surface area contributed by atoms with E-state index in [1.165, 1.54) is 6.42 Å². The van der Waals surface area contributed by atoms with E-state index in [0.717, 1.165) is 48.9 Å². The van der Waals surface area contributed by atoms with Gasteiger partial charge in [0.2, 0.25) is 0 Å². The molecule has 3 heteroatoms. The summed E-state index contributed by atoms with van der Waals surface area (Å²) in [5, 5.41) is 8.95. The van der Waals surface area contributed by atoms with Gasteiger partial charge in [-0.25, -0.2) is 0 Å². The number of aldehydes is 1. The van der Waals surface area contributed by atoms with Gasteiger partial charge < -0.3 is 10.0 Å². The van der Waals surface area contributed by atoms with Crippen LogP contribution >= 0.6 is 0 Å². The first-order valence-corrected chi connectivity index (χ1v) is 6.69. The van der Waals surface area contributed by atoms with E-state index in [9.17, 15) is 4.79 Å². The third kappa shape index (κ3) is 2.72. The predicted octanol–water partition coefficient (Wildman–Crippen LogP) is 2.55. The number of anilines is 1. The summed E-state index contributed by atoms with van der Waals surface area (Å²) in [6.07, 6.45) is 5.12. The standard InChI is InChI=1S/C15H21NO2/c1-12-6-7-15(13(10-12)11-18)16-8-2-4-14(16)5-3-9-17/h6-7,10-11,14,17H,2-5,8-9H2,1H3. The lowest BCUT2D eigenvalue weighted by Gasteiger charge is -2.28. The number of carbonyl (C=O) groups is 1. The summed E-state index contributed by atoms with van der Waals surface area (Å²) < 4.78 is 0. The maximum Gasteiger partial charge on any atom is 0.152 e. The molecule has 1 heterocycles. The molecule has 0 spiro atoms. The predicted molar refractivity (Wildman–Crippen MR) is 73.3 cm³/mol. The van der Waals surface area contributed by atoms with E-state index >= 15 is 0 Å². The van der Waals surface area contributed by atoms with Crippen LogP contribution in [0.4, 0.5) is 5.69 Å². The molecule has 1 aliphatic heterocycles. The summed E-state index contributed by atoms with van der Waals surface area (Å²) in [5.41, 5.74) is 2.95. The van der Waals surface area contributed by atoms with Gasteiger partial charge in [-0.15, -0.1) is 0 Å². The first kappa shape index (κ1) is 13.1. The van der Waals surface area contributed by atoms with Gasteiger partial charge in [-0.3, -0.25) is 4.79 Å². The highest BCUT2D eigenvalue weighted by molar-refractivity contribution is 5.85. The molecule has 0 bridgehead atoms. The molecule has 1 N–H and O–H groups in total. The Morgan fingerprint density at radius 1 is 1.50 bits per heavy atom. The number of hydrogen-bond donors (Lipinski definition) is 1. The Labute approximate surface area is 108 Å². The number of rotatable bonds is 5. The van der Waals surface area contributed by atoms with E-state index in [1.807, 2.05) is 13.0 Å². The van der Waals surface area contributed by atoms with Crippen molar-refractivity contribution in [1.29, 1.82) is 0 Å². The van der Waals surface area contributed by atoms with Crippen LogP contribution in [0.5, 0.6) is 0 Å². The first-order chi connectivity index (χ1) is 8.76. The number of benzene rings is 1. The lowest BCUT2D eigenvalue weighted by Crippen LogP contribution is -2.30. The minimum Gasteiger partial charge on any atom is -0.396 e. The topological polar surface area (TPSA) is 40.5 Å². The van der Waals surface area contributed by atoms with Crippen LogP contribution in [0.15, 0.2) is 18.2 Å². The van der Waals surface area contributed by atoms with Crippen LogP contribution in [0.2, 0.25) is 0 Å². The Morgan fingerprint density at radius 3 is 3.06 bits per heavy atom. The van der Waals surface area contributed by atoms with Gasteiger partial charge in [0.05, 0.1) is 0 Å². The van der Waals surface area contributed by atoms with Crippen LogP contribution in [0.1, 0.15) is 41.6 Å². The van der Waals surface area contributed by atoms with Crippen molar-refractivity contribution in [3.63, 3.8) is 0 Å². The number of hydrogen-bond acceptors (Lipinski definition) is 3. The normalized spacial score (nSPS) is 19.2. The summed E-state index contributed by atoms with van der Waals surface area (Å²) in [6.45, 7) is 3.27. The second-order valence-corrected chi connectivity index (χ2v) is 5.04. The molecule has 1 aromatic rings. The van der Waals surface area contributed by atoms with Crippen molar-refractivity contribution in [1.82, 2.24) is 0 Å². The Kier molecular flexibility index (Phi) is 4.37. The molecule has 1 unspecified atom stereocenters. The molecule has 1 fully saturated rings. The minimum absolute atomic E-state index is 0.249. The van der Waals surface area contributed by atoms with Crippen molar-refractivity contribution in [2.45, 2.75) is 38.6 Å². The summed E-state index contributed by atoms with van der Waals surface area (Å²) in [7, 11) is 0. The van der Waals surface area contributed by atoms with Crippen molar-refractivity contribution in [3.8, 4) is 0 Å². The molecule has 18 heavy (non-hydrogen) atoms. The van der Waals surface area contributed by atoms with Gasteiger partial charge in [-0.05, 0) is 44.7 Å². The highest BCUT2D eigenvalue weighted by atomic mass is 16.2. The molecule has 0 aliphatic carbocycles. The van der Waals surface area contributed by atoms with E-state index in [-0.39, 0.29) is 6.61 Å². The molecule has 3 nitrogen and oxygen atoms in total. The zero-order chi connectivity index (χ0) is 13.0. The van der Waals surface area contributed by atoms with Crippen LogP contribution in [0.25, 0.3) is 0 Å². The summed E-state index contributed by atoms with van der Waals surface area (Å²) >= 11 is 0. The molecule has 1 saturated heterocycles. The third-order valence-corrected chi connectivity index (χ3v) is 3.69. The Balaban J connectivity index is 2.21. The van der Waals surface area contributed by atoms with E-state index in [0.29, 0.717) is 6.04 Å². The number of carbonyl (C=O) groups excluding carboxylic acids is 1. The van der Waals surface area contributed by atoms with Crippen LogP contribution in [0, 0.1) is 6.92 Å². The Bertz CT molecular complexity index is 417. The Morgan fingerprint density at radius 2 is 2.33 bits per heavy atom. The van der Waals surface area contributed by atoms with E-state index in [2.05, 4.69) is 17.0 Å².